The van der Waals surface area contributed by atoms with Crippen LogP contribution >= 0.6 is 0 Å². The van der Waals surface area contributed by atoms with Crippen molar-refractivity contribution in [1.29, 1.82) is 0 Å². The molecule has 0 atom stereocenters. The standard InChI is InChI=1S/2C26H46O4S.Mg/c2*1-3-5-7-9-11-12-13-14-15-17-19-23-21-24(20-18-16-10-8-6-4-2)26(27)25(22-23)31(28,29)30;/h2*21-22,27H,3-20H2,1-2H3,(H,28,29,30);/q;;+2/p-2. The maximum Gasteiger partial charge on any atom is 2.00 e. The van der Waals surface area contributed by atoms with Gasteiger partial charge in [0.1, 0.15) is 31.7 Å². The molecule has 0 aromatic heterocycles. The van der Waals surface area contributed by atoms with Crippen LogP contribution in [0, 0.1) is 0 Å². The summed E-state index contributed by atoms with van der Waals surface area (Å²) in [6.45, 7) is 8.84. The molecule has 0 amide bonds. The van der Waals surface area contributed by atoms with E-state index in [-0.39, 0.29) is 34.6 Å². The van der Waals surface area contributed by atoms with Gasteiger partial charge < -0.3 is 19.3 Å². The molecule has 0 spiro atoms. The number of hydrogen-bond acceptors (Lipinski definition) is 8. The van der Waals surface area contributed by atoms with Crippen LogP contribution in [-0.2, 0) is 45.9 Å². The summed E-state index contributed by atoms with van der Waals surface area (Å²) < 4.78 is 69.8. The molecule has 11 heteroatoms. The van der Waals surface area contributed by atoms with Crippen LogP contribution in [-0.4, -0.2) is 59.2 Å². The fraction of sp³-hybridized carbons (Fsp3) is 0.769. The molecule has 2 aromatic carbocycles. The Hall–Kier alpha value is -1.37. The van der Waals surface area contributed by atoms with Gasteiger partial charge in [0.2, 0.25) is 0 Å². The van der Waals surface area contributed by atoms with Crippen molar-refractivity contribution in [3.63, 3.8) is 0 Å². The predicted molar refractivity (Wildman–Crippen MR) is 263 cm³/mol. The van der Waals surface area contributed by atoms with E-state index in [0.29, 0.717) is 24.0 Å². The SMILES string of the molecule is CCCCCCCCCCCCc1cc(CCCCCCCC)c(O)c(S(=O)(=O)[O-])c1.CCCCCCCCCCCCc1cc(CCCCCCCC)c(O)c(S(=O)(=O)[O-])c1.[Mg+2]. The van der Waals surface area contributed by atoms with Crippen LogP contribution in [0.15, 0.2) is 34.1 Å². The summed E-state index contributed by atoms with van der Waals surface area (Å²) in [6, 6.07) is 6.58. The van der Waals surface area contributed by atoms with Crippen LogP contribution in [0.5, 0.6) is 11.5 Å². The first-order chi connectivity index (χ1) is 29.8. The fourth-order valence-electron chi connectivity index (χ4n) is 8.33. The molecule has 0 fully saturated rings. The first kappa shape index (κ1) is 61.6. The van der Waals surface area contributed by atoms with Crippen LogP contribution in [0.2, 0.25) is 0 Å². The van der Waals surface area contributed by atoms with Crippen LogP contribution in [0.1, 0.15) is 255 Å². The molecular weight excluding hydrogens is 841 g/mol. The smallest absolute Gasteiger partial charge is 0.744 e. The van der Waals surface area contributed by atoms with E-state index in [1.165, 1.54) is 153 Å². The van der Waals surface area contributed by atoms with Crippen molar-refractivity contribution in [1.82, 2.24) is 0 Å². The van der Waals surface area contributed by atoms with Crippen molar-refractivity contribution >= 4 is 43.3 Å². The Labute approximate surface area is 403 Å². The van der Waals surface area contributed by atoms with Crippen molar-refractivity contribution in [3.05, 3.63) is 46.5 Å². The van der Waals surface area contributed by atoms with E-state index in [1.54, 1.807) is 0 Å². The molecule has 63 heavy (non-hydrogen) atoms. The van der Waals surface area contributed by atoms with Crippen molar-refractivity contribution in [2.45, 2.75) is 269 Å². The summed E-state index contributed by atoms with van der Waals surface area (Å²) in [5.41, 5.74) is 2.92. The number of benzene rings is 2. The minimum absolute atomic E-state index is 0. The number of aromatic hydroxyl groups is 2. The number of phenolic OH excluding ortho intramolecular Hbond substituents is 2. The molecule has 0 saturated heterocycles. The monoisotopic (exact) mass is 931 g/mol. The van der Waals surface area contributed by atoms with Gasteiger partial charge in [-0.2, -0.15) is 0 Å². The molecule has 0 aliphatic rings. The van der Waals surface area contributed by atoms with Gasteiger partial charge in [-0.25, -0.2) is 16.8 Å². The average molecular weight is 932 g/mol. The van der Waals surface area contributed by atoms with Gasteiger partial charge >= 0.3 is 23.1 Å². The number of unbranched alkanes of at least 4 members (excludes halogenated alkanes) is 28. The van der Waals surface area contributed by atoms with E-state index in [4.69, 9.17) is 0 Å². The quantitative estimate of drug-likeness (QED) is 0.0383. The van der Waals surface area contributed by atoms with Crippen LogP contribution in [0.4, 0.5) is 0 Å². The average Bonchev–Trinajstić information content (AvgIpc) is 3.23. The van der Waals surface area contributed by atoms with E-state index in [2.05, 4.69) is 27.7 Å². The predicted octanol–water partition coefficient (Wildman–Crippen LogP) is 14.9. The molecule has 0 radical (unpaired) electrons. The van der Waals surface area contributed by atoms with E-state index in [0.717, 1.165) is 88.2 Å². The largest absolute Gasteiger partial charge is 2.00 e. The fourth-order valence-corrected chi connectivity index (χ4v) is 9.66. The molecular formula is C52H90MgO8S2. The summed E-state index contributed by atoms with van der Waals surface area (Å²) >= 11 is 0. The second-order valence-corrected chi connectivity index (χ2v) is 20.7. The van der Waals surface area contributed by atoms with E-state index >= 15 is 0 Å². The molecule has 0 heterocycles. The summed E-state index contributed by atoms with van der Waals surface area (Å²) in [5.74, 6) is -0.675. The van der Waals surface area contributed by atoms with Gasteiger partial charge in [-0.15, -0.1) is 0 Å². The van der Waals surface area contributed by atoms with Crippen molar-refractivity contribution in [2.75, 3.05) is 0 Å². The Morgan fingerprint density at radius 1 is 0.349 bits per heavy atom. The molecule has 0 unspecified atom stereocenters. The van der Waals surface area contributed by atoms with Gasteiger partial charge in [0.05, 0.1) is 9.79 Å². The minimum atomic E-state index is -4.67. The third-order valence-corrected chi connectivity index (χ3v) is 13.9. The van der Waals surface area contributed by atoms with Gasteiger partial charge in [0.25, 0.3) is 0 Å². The van der Waals surface area contributed by atoms with Gasteiger partial charge in [-0.1, -0.05) is 220 Å². The first-order valence-corrected chi connectivity index (χ1v) is 28.2. The third-order valence-electron chi connectivity index (χ3n) is 12.2. The Morgan fingerprint density at radius 2 is 0.556 bits per heavy atom. The number of hydrogen-bond donors (Lipinski definition) is 2. The topological polar surface area (TPSA) is 155 Å². The molecule has 0 bridgehead atoms. The summed E-state index contributed by atoms with van der Waals surface area (Å²) in [5, 5.41) is 20.7. The van der Waals surface area contributed by atoms with E-state index in [1.807, 2.05) is 12.1 Å². The Balaban J connectivity index is 0.00000120. The normalized spacial score (nSPS) is 11.7. The Bertz CT molecular complexity index is 1520. The van der Waals surface area contributed by atoms with Gasteiger partial charge in [0.15, 0.2) is 0 Å². The van der Waals surface area contributed by atoms with Crippen molar-refractivity contribution < 1.29 is 36.2 Å². The summed E-state index contributed by atoms with van der Waals surface area (Å²) in [4.78, 5) is -0.892. The van der Waals surface area contributed by atoms with Crippen LogP contribution in [0.3, 0.4) is 0 Å². The Morgan fingerprint density at radius 3 is 0.778 bits per heavy atom. The zero-order valence-corrected chi connectivity index (χ0v) is 43.7. The molecule has 0 aliphatic heterocycles. The molecule has 360 valence electrons. The molecule has 2 N–H and O–H groups in total. The first-order valence-electron chi connectivity index (χ1n) is 25.4. The second-order valence-electron chi connectivity index (χ2n) is 18.0. The minimum Gasteiger partial charge on any atom is -0.744 e. The molecule has 2 aromatic rings. The maximum atomic E-state index is 11.6. The number of rotatable bonds is 38. The van der Waals surface area contributed by atoms with Crippen LogP contribution in [0.25, 0.3) is 0 Å². The van der Waals surface area contributed by atoms with Gasteiger partial charge in [-0.3, -0.25) is 0 Å². The Kier molecular flexibility index (Phi) is 37.9. The molecule has 2 rings (SSSR count). The molecule has 0 saturated carbocycles. The third kappa shape index (κ3) is 30.5. The molecule has 8 nitrogen and oxygen atoms in total. The van der Waals surface area contributed by atoms with Crippen LogP contribution < -0.4 is 0 Å². The zero-order valence-electron chi connectivity index (χ0n) is 40.6. The maximum absolute atomic E-state index is 11.6. The van der Waals surface area contributed by atoms with E-state index in [9.17, 15) is 36.2 Å². The second kappa shape index (κ2) is 38.7. The van der Waals surface area contributed by atoms with Crippen molar-refractivity contribution in [3.8, 4) is 11.5 Å². The van der Waals surface area contributed by atoms with Gasteiger partial charge in [0, 0.05) is 0 Å². The van der Waals surface area contributed by atoms with Crippen molar-refractivity contribution in [2.24, 2.45) is 0 Å². The number of aryl methyl sites for hydroxylation is 4. The summed E-state index contributed by atoms with van der Waals surface area (Å²) in [7, 11) is -9.35. The summed E-state index contributed by atoms with van der Waals surface area (Å²) in [6.07, 6.45) is 41.2. The van der Waals surface area contributed by atoms with E-state index < -0.39 is 30.0 Å². The molecule has 0 aliphatic carbocycles. The number of phenols is 2. The van der Waals surface area contributed by atoms with Gasteiger partial charge in [-0.05, 0) is 85.8 Å². The zero-order chi connectivity index (χ0) is 45.9.